The van der Waals surface area contributed by atoms with Crippen LogP contribution in [0.5, 0.6) is 0 Å². The monoisotopic (exact) mass is 331 g/mol. The van der Waals surface area contributed by atoms with Crippen LogP contribution in [0.2, 0.25) is 0 Å². The summed E-state index contributed by atoms with van der Waals surface area (Å²) in [7, 11) is 0. The maximum Gasteiger partial charge on any atom is 0.225 e. The molecule has 0 spiro atoms. The number of hydrogen-bond donors (Lipinski definition) is 2. The molecule has 2 amide bonds. The molecule has 2 aliphatic heterocycles. The van der Waals surface area contributed by atoms with E-state index in [-0.39, 0.29) is 29.6 Å². The van der Waals surface area contributed by atoms with E-state index in [1.807, 2.05) is 25.7 Å². The maximum atomic E-state index is 12.3. The van der Waals surface area contributed by atoms with Crippen molar-refractivity contribution >= 4 is 24.2 Å². The van der Waals surface area contributed by atoms with Crippen LogP contribution >= 0.6 is 12.4 Å². The summed E-state index contributed by atoms with van der Waals surface area (Å²) in [5.74, 6) is 0.278. The highest BCUT2D eigenvalue weighted by Gasteiger charge is 2.30. The van der Waals surface area contributed by atoms with Crippen LogP contribution < -0.4 is 10.6 Å². The fourth-order valence-corrected chi connectivity index (χ4v) is 3.03. The summed E-state index contributed by atoms with van der Waals surface area (Å²) in [5, 5.41) is 6.48. The third kappa shape index (κ3) is 5.43. The summed E-state index contributed by atoms with van der Waals surface area (Å²) >= 11 is 0. The molecule has 0 aromatic carbocycles. The van der Waals surface area contributed by atoms with Crippen LogP contribution in [0, 0.1) is 5.41 Å². The minimum absolute atomic E-state index is 0. The van der Waals surface area contributed by atoms with Gasteiger partial charge in [-0.3, -0.25) is 9.59 Å². The molecule has 2 heterocycles. The first-order valence-electron chi connectivity index (χ1n) is 8.18. The van der Waals surface area contributed by atoms with Gasteiger partial charge in [0.2, 0.25) is 11.8 Å². The number of rotatable bonds is 4. The molecule has 2 fully saturated rings. The molecule has 2 unspecified atom stereocenters. The molecule has 2 aliphatic rings. The lowest BCUT2D eigenvalue weighted by molar-refractivity contribution is -0.132. The molecular weight excluding hydrogens is 302 g/mol. The van der Waals surface area contributed by atoms with Gasteiger partial charge in [-0.15, -0.1) is 12.4 Å². The standard InChI is InChI=1S/C16H29N3O2.ClH/c1-16(2,3)15(21)17-9-4-5-14(20)19-10-8-12-6-7-13(11-19)18-12;/h12-13,18H,4-11H2,1-3H3,(H,17,21);1H. The molecule has 0 aromatic rings. The molecule has 2 saturated heterocycles. The summed E-state index contributed by atoms with van der Waals surface area (Å²) < 4.78 is 0. The molecule has 6 heteroatoms. The minimum Gasteiger partial charge on any atom is -0.356 e. The maximum absolute atomic E-state index is 12.3. The zero-order valence-electron chi connectivity index (χ0n) is 14.0. The van der Waals surface area contributed by atoms with Crippen molar-refractivity contribution in [2.75, 3.05) is 19.6 Å². The number of nitrogens with zero attached hydrogens (tertiary/aromatic N) is 1. The van der Waals surface area contributed by atoms with E-state index in [4.69, 9.17) is 0 Å². The van der Waals surface area contributed by atoms with Crippen LogP contribution in [0.3, 0.4) is 0 Å². The molecule has 0 aliphatic carbocycles. The zero-order valence-corrected chi connectivity index (χ0v) is 14.8. The fraction of sp³-hybridized carbons (Fsp3) is 0.875. The van der Waals surface area contributed by atoms with Crippen LogP contribution in [0.15, 0.2) is 0 Å². The highest BCUT2D eigenvalue weighted by molar-refractivity contribution is 5.85. The van der Waals surface area contributed by atoms with Gasteiger partial charge >= 0.3 is 0 Å². The SMILES string of the molecule is CC(C)(C)C(=O)NCCCC(=O)N1CCC2CCC(C1)N2.Cl. The van der Waals surface area contributed by atoms with Crippen LogP contribution in [-0.4, -0.2) is 48.4 Å². The van der Waals surface area contributed by atoms with Gasteiger partial charge in [0.05, 0.1) is 0 Å². The van der Waals surface area contributed by atoms with Gasteiger partial charge in [0.25, 0.3) is 0 Å². The average molecular weight is 332 g/mol. The van der Waals surface area contributed by atoms with Crippen molar-refractivity contribution in [2.24, 2.45) is 5.41 Å². The Morgan fingerprint density at radius 2 is 1.86 bits per heavy atom. The summed E-state index contributed by atoms with van der Waals surface area (Å²) in [6.07, 6.45) is 4.77. The second-order valence-corrected chi connectivity index (χ2v) is 7.38. The van der Waals surface area contributed by atoms with Gasteiger partial charge in [-0.25, -0.2) is 0 Å². The number of hydrogen-bond acceptors (Lipinski definition) is 3. The first-order valence-corrected chi connectivity index (χ1v) is 8.18. The zero-order chi connectivity index (χ0) is 15.5. The van der Waals surface area contributed by atoms with Crippen LogP contribution in [0.25, 0.3) is 0 Å². The van der Waals surface area contributed by atoms with Gasteiger partial charge in [-0.2, -0.15) is 0 Å². The predicted molar refractivity (Wildman–Crippen MR) is 90.1 cm³/mol. The fourth-order valence-electron chi connectivity index (χ4n) is 3.03. The van der Waals surface area contributed by atoms with Gasteiger partial charge in [0.15, 0.2) is 0 Å². The topological polar surface area (TPSA) is 61.4 Å². The van der Waals surface area contributed by atoms with Crippen LogP contribution in [0.1, 0.15) is 52.9 Å². The minimum atomic E-state index is -0.361. The van der Waals surface area contributed by atoms with Crippen molar-refractivity contribution in [3.05, 3.63) is 0 Å². The molecule has 22 heavy (non-hydrogen) atoms. The van der Waals surface area contributed by atoms with Gasteiger partial charge in [-0.05, 0) is 25.7 Å². The molecule has 2 rings (SSSR count). The Morgan fingerprint density at radius 3 is 2.55 bits per heavy atom. The number of fused-ring (bicyclic) bond motifs is 2. The molecule has 2 atom stereocenters. The van der Waals surface area contributed by atoms with E-state index in [0.29, 0.717) is 25.0 Å². The Morgan fingerprint density at radius 1 is 1.18 bits per heavy atom. The summed E-state index contributed by atoms with van der Waals surface area (Å²) in [6, 6.07) is 1.10. The first kappa shape index (κ1) is 19.2. The molecule has 2 N–H and O–H groups in total. The molecule has 2 bridgehead atoms. The van der Waals surface area contributed by atoms with E-state index in [0.717, 1.165) is 25.9 Å². The van der Waals surface area contributed by atoms with E-state index in [1.54, 1.807) is 0 Å². The molecule has 128 valence electrons. The summed E-state index contributed by atoms with van der Waals surface area (Å²) in [6.45, 7) is 8.00. The lowest BCUT2D eigenvalue weighted by Gasteiger charge is -2.24. The largest absolute Gasteiger partial charge is 0.356 e. The van der Waals surface area contributed by atoms with Crippen molar-refractivity contribution in [3.63, 3.8) is 0 Å². The molecule has 0 aromatic heterocycles. The highest BCUT2D eigenvalue weighted by atomic mass is 35.5. The Hall–Kier alpha value is -0.810. The summed E-state index contributed by atoms with van der Waals surface area (Å²) in [4.78, 5) is 26.0. The van der Waals surface area contributed by atoms with Crippen molar-refractivity contribution < 1.29 is 9.59 Å². The number of halogens is 1. The molecular formula is C16H30ClN3O2. The van der Waals surface area contributed by atoms with Gasteiger partial charge in [-0.1, -0.05) is 20.8 Å². The number of nitrogens with one attached hydrogen (secondary N) is 2. The van der Waals surface area contributed by atoms with Gasteiger partial charge in [0, 0.05) is 43.6 Å². The Bertz CT molecular complexity index is 395. The Balaban J connectivity index is 0.00000242. The smallest absolute Gasteiger partial charge is 0.225 e. The van der Waals surface area contributed by atoms with Crippen LogP contribution in [0.4, 0.5) is 0 Å². The van der Waals surface area contributed by atoms with Gasteiger partial charge in [0.1, 0.15) is 0 Å². The highest BCUT2D eigenvalue weighted by Crippen LogP contribution is 2.20. The van der Waals surface area contributed by atoms with Crippen molar-refractivity contribution in [3.8, 4) is 0 Å². The van der Waals surface area contributed by atoms with E-state index in [9.17, 15) is 9.59 Å². The Labute approximate surface area is 140 Å². The lowest BCUT2D eigenvalue weighted by atomic mass is 9.96. The molecule has 0 saturated carbocycles. The number of carbonyl (C=O) groups excluding carboxylic acids is 2. The van der Waals surface area contributed by atoms with E-state index in [2.05, 4.69) is 10.6 Å². The van der Waals surface area contributed by atoms with Crippen molar-refractivity contribution in [2.45, 2.75) is 65.0 Å². The van der Waals surface area contributed by atoms with Gasteiger partial charge < -0.3 is 15.5 Å². The quantitative estimate of drug-likeness (QED) is 0.771. The second kappa shape index (κ2) is 8.16. The van der Waals surface area contributed by atoms with Crippen LogP contribution in [-0.2, 0) is 9.59 Å². The normalized spacial score (nSPS) is 24.4. The summed E-state index contributed by atoms with van der Waals surface area (Å²) in [5.41, 5.74) is -0.361. The molecule has 5 nitrogen and oxygen atoms in total. The van der Waals surface area contributed by atoms with E-state index >= 15 is 0 Å². The lowest BCUT2D eigenvalue weighted by Crippen LogP contribution is -2.39. The van der Waals surface area contributed by atoms with Crippen molar-refractivity contribution in [1.29, 1.82) is 0 Å². The molecule has 0 radical (unpaired) electrons. The third-order valence-corrected chi connectivity index (χ3v) is 4.41. The van der Waals surface area contributed by atoms with E-state index in [1.165, 1.54) is 12.8 Å². The Kier molecular flexibility index (Phi) is 7.13. The predicted octanol–water partition coefficient (Wildman–Crippen LogP) is 1.70. The average Bonchev–Trinajstić information content (AvgIpc) is 2.72. The van der Waals surface area contributed by atoms with Crippen molar-refractivity contribution in [1.82, 2.24) is 15.5 Å². The number of likely N-dealkylation sites (tertiary alicyclic amines) is 1. The first-order chi connectivity index (χ1) is 9.86. The number of amides is 2. The third-order valence-electron chi connectivity index (χ3n) is 4.41. The number of carbonyl (C=O) groups is 2. The van der Waals surface area contributed by atoms with E-state index < -0.39 is 0 Å². The second-order valence-electron chi connectivity index (χ2n) is 7.38.